The molecule has 0 radical (unpaired) electrons. The van der Waals surface area contributed by atoms with E-state index in [1.54, 1.807) is 7.11 Å². The molecule has 0 fully saturated rings. The molecule has 148 valence electrons. The van der Waals surface area contributed by atoms with Crippen LogP contribution in [0.1, 0.15) is 11.1 Å². The van der Waals surface area contributed by atoms with Gasteiger partial charge in [-0.05, 0) is 47.6 Å². The van der Waals surface area contributed by atoms with Crippen molar-refractivity contribution in [3.8, 4) is 11.5 Å². The number of thiocarbonyl (C=S) groups is 1. The van der Waals surface area contributed by atoms with Crippen LogP contribution in [0.2, 0.25) is 0 Å². The molecule has 1 amide bonds. The molecule has 0 saturated heterocycles. The summed E-state index contributed by atoms with van der Waals surface area (Å²) in [5.41, 5.74) is 2.63. The highest BCUT2D eigenvalue weighted by molar-refractivity contribution is 7.80. The van der Waals surface area contributed by atoms with Crippen molar-refractivity contribution in [1.29, 1.82) is 0 Å². The molecule has 0 bridgehead atoms. The second kappa shape index (κ2) is 10.2. The molecule has 3 aromatic carbocycles. The molecule has 0 heterocycles. The zero-order valence-electron chi connectivity index (χ0n) is 16.1. The van der Waals surface area contributed by atoms with E-state index in [1.807, 2.05) is 78.9 Å². The van der Waals surface area contributed by atoms with Gasteiger partial charge >= 0.3 is 0 Å². The second-order valence-corrected chi connectivity index (χ2v) is 6.71. The maximum absolute atomic E-state index is 12.3. The topological polar surface area (TPSA) is 59.6 Å². The Morgan fingerprint density at radius 1 is 0.897 bits per heavy atom. The number of benzene rings is 3. The molecule has 5 nitrogen and oxygen atoms in total. The Balaban J connectivity index is 1.55. The molecule has 0 aromatic heterocycles. The predicted octanol–water partition coefficient (Wildman–Crippen LogP) is 4.33. The molecule has 29 heavy (non-hydrogen) atoms. The predicted molar refractivity (Wildman–Crippen MR) is 118 cm³/mol. The van der Waals surface area contributed by atoms with Gasteiger partial charge in [-0.15, -0.1) is 0 Å². The maximum Gasteiger partial charge on any atom is 0.230 e. The molecule has 3 aromatic rings. The number of hydrogen-bond acceptors (Lipinski definition) is 4. The minimum atomic E-state index is -0.199. The lowest BCUT2D eigenvalue weighted by Gasteiger charge is -2.14. The Morgan fingerprint density at radius 2 is 1.59 bits per heavy atom. The van der Waals surface area contributed by atoms with Crippen LogP contribution in [0, 0.1) is 0 Å². The van der Waals surface area contributed by atoms with Gasteiger partial charge in [-0.25, -0.2) is 0 Å². The van der Waals surface area contributed by atoms with E-state index in [0.29, 0.717) is 18.0 Å². The summed E-state index contributed by atoms with van der Waals surface area (Å²) in [6, 6.07) is 24.7. The molecule has 0 unspecified atom stereocenters. The van der Waals surface area contributed by atoms with Gasteiger partial charge in [0.05, 0.1) is 19.2 Å². The van der Waals surface area contributed by atoms with E-state index in [0.717, 1.165) is 16.9 Å². The van der Waals surface area contributed by atoms with Gasteiger partial charge in [-0.3, -0.25) is 4.79 Å². The Labute approximate surface area is 175 Å². The average Bonchev–Trinajstić information content (AvgIpc) is 2.74. The number of nitrogens with one attached hydrogen (secondary N) is 2. The van der Waals surface area contributed by atoms with E-state index >= 15 is 0 Å². The average molecular weight is 407 g/mol. The second-order valence-electron chi connectivity index (χ2n) is 6.30. The van der Waals surface area contributed by atoms with E-state index in [9.17, 15) is 4.79 Å². The van der Waals surface area contributed by atoms with Crippen molar-refractivity contribution in [2.24, 2.45) is 0 Å². The highest BCUT2D eigenvalue weighted by Gasteiger charge is 2.09. The molecule has 0 saturated carbocycles. The first-order chi connectivity index (χ1) is 14.1. The van der Waals surface area contributed by atoms with Crippen LogP contribution >= 0.6 is 12.2 Å². The lowest BCUT2D eigenvalue weighted by atomic mass is 10.1. The van der Waals surface area contributed by atoms with E-state index in [4.69, 9.17) is 21.7 Å². The fourth-order valence-electron chi connectivity index (χ4n) is 2.68. The Morgan fingerprint density at radius 3 is 2.31 bits per heavy atom. The monoisotopic (exact) mass is 406 g/mol. The first-order valence-electron chi connectivity index (χ1n) is 9.13. The molecule has 0 aliphatic rings. The van der Waals surface area contributed by atoms with Crippen LogP contribution in [0.4, 0.5) is 5.69 Å². The van der Waals surface area contributed by atoms with Crippen molar-refractivity contribution in [2.75, 3.05) is 12.4 Å². The van der Waals surface area contributed by atoms with Gasteiger partial charge in [0.2, 0.25) is 5.91 Å². The van der Waals surface area contributed by atoms with E-state index in [1.165, 1.54) is 0 Å². The number of amides is 1. The summed E-state index contributed by atoms with van der Waals surface area (Å²) in [5.74, 6) is 1.21. The smallest absolute Gasteiger partial charge is 0.230 e. The van der Waals surface area contributed by atoms with Crippen LogP contribution in [0.25, 0.3) is 0 Å². The molecule has 6 heteroatoms. The fraction of sp³-hybridized carbons (Fsp3) is 0.130. The highest BCUT2D eigenvalue weighted by Crippen LogP contribution is 2.24. The van der Waals surface area contributed by atoms with Crippen LogP contribution < -0.4 is 20.1 Å². The third-order valence-corrected chi connectivity index (χ3v) is 4.35. The van der Waals surface area contributed by atoms with Gasteiger partial charge in [0.25, 0.3) is 0 Å². The third-order valence-electron chi connectivity index (χ3n) is 4.15. The van der Waals surface area contributed by atoms with Crippen LogP contribution in [0.15, 0.2) is 78.9 Å². The highest BCUT2D eigenvalue weighted by atomic mass is 32.1. The van der Waals surface area contributed by atoms with E-state index in [2.05, 4.69) is 10.6 Å². The van der Waals surface area contributed by atoms with Crippen molar-refractivity contribution in [3.63, 3.8) is 0 Å². The summed E-state index contributed by atoms with van der Waals surface area (Å²) >= 11 is 5.29. The van der Waals surface area contributed by atoms with E-state index < -0.39 is 0 Å². The standard InChI is InChI=1S/C23H22N2O3S/c1-27-19-13-11-17(12-14-19)15-22(26)25-23(29)24-20-9-5-6-10-21(20)28-16-18-7-3-2-4-8-18/h2-14H,15-16H2,1H3,(H2,24,25,26,29). The summed E-state index contributed by atoms with van der Waals surface area (Å²) in [6.45, 7) is 0.441. The third kappa shape index (κ3) is 6.33. The van der Waals surface area contributed by atoms with Crippen LogP contribution in [-0.4, -0.2) is 18.1 Å². The summed E-state index contributed by atoms with van der Waals surface area (Å²) in [6.07, 6.45) is 0.220. The van der Waals surface area contributed by atoms with Crippen molar-refractivity contribution in [1.82, 2.24) is 5.32 Å². The Bertz CT molecular complexity index is 959. The Kier molecular flexibility index (Phi) is 7.19. The number of ether oxygens (including phenoxy) is 2. The molecule has 3 rings (SSSR count). The number of carbonyl (C=O) groups is 1. The van der Waals surface area contributed by atoms with E-state index in [-0.39, 0.29) is 17.4 Å². The molecular formula is C23H22N2O3S. The van der Waals surface area contributed by atoms with Gasteiger partial charge in [0, 0.05) is 0 Å². The minimum Gasteiger partial charge on any atom is -0.497 e. The number of para-hydroxylation sites is 2. The summed E-state index contributed by atoms with van der Waals surface area (Å²) < 4.78 is 11.0. The molecule has 0 aliphatic carbocycles. The molecule has 2 N–H and O–H groups in total. The van der Waals surface area contributed by atoms with Gasteiger partial charge in [-0.2, -0.15) is 0 Å². The Hall–Kier alpha value is -3.38. The number of hydrogen-bond donors (Lipinski definition) is 2. The van der Waals surface area contributed by atoms with Crippen molar-refractivity contribution in [3.05, 3.63) is 90.0 Å². The largest absolute Gasteiger partial charge is 0.497 e. The number of anilines is 1. The van der Waals surface area contributed by atoms with Crippen molar-refractivity contribution >= 4 is 28.9 Å². The van der Waals surface area contributed by atoms with Gasteiger partial charge in [0.15, 0.2) is 5.11 Å². The lowest BCUT2D eigenvalue weighted by Crippen LogP contribution is -2.35. The summed E-state index contributed by atoms with van der Waals surface area (Å²) in [4.78, 5) is 12.3. The lowest BCUT2D eigenvalue weighted by molar-refractivity contribution is -0.119. The fourth-order valence-corrected chi connectivity index (χ4v) is 2.91. The zero-order valence-corrected chi connectivity index (χ0v) is 16.9. The van der Waals surface area contributed by atoms with Gasteiger partial charge in [0.1, 0.15) is 18.1 Å². The van der Waals surface area contributed by atoms with Crippen molar-refractivity contribution in [2.45, 2.75) is 13.0 Å². The van der Waals surface area contributed by atoms with Crippen LogP contribution in [0.5, 0.6) is 11.5 Å². The number of rotatable bonds is 7. The van der Waals surface area contributed by atoms with Crippen molar-refractivity contribution < 1.29 is 14.3 Å². The summed E-state index contributed by atoms with van der Waals surface area (Å²) in [7, 11) is 1.60. The quantitative estimate of drug-likeness (QED) is 0.572. The van der Waals surface area contributed by atoms with Crippen LogP contribution in [-0.2, 0) is 17.8 Å². The van der Waals surface area contributed by atoms with Gasteiger partial charge < -0.3 is 20.1 Å². The summed E-state index contributed by atoms with van der Waals surface area (Å²) in [5, 5.41) is 5.96. The normalized spacial score (nSPS) is 10.1. The minimum absolute atomic E-state index is 0.199. The first-order valence-corrected chi connectivity index (χ1v) is 9.54. The van der Waals surface area contributed by atoms with Gasteiger partial charge in [-0.1, -0.05) is 54.6 Å². The number of methoxy groups -OCH3 is 1. The molecule has 0 atom stereocenters. The van der Waals surface area contributed by atoms with Crippen LogP contribution in [0.3, 0.4) is 0 Å². The molecule has 0 aliphatic heterocycles. The maximum atomic E-state index is 12.3. The number of carbonyl (C=O) groups excluding carboxylic acids is 1. The zero-order chi connectivity index (χ0) is 20.5. The molecule has 0 spiro atoms. The molecular weight excluding hydrogens is 384 g/mol. The first kappa shape index (κ1) is 20.4. The SMILES string of the molecule is COc1ccc(CC(=O)NC(=S)Nc2ccccc2OCc2ccccc2)cc1.